The standard InChI is InChI=1S/C25H21ClN4O3S/c1-16(24(31)27-18-11-12-21-22(13-18)33-15-32-21)34-25-29-28-23(19-9-5-6-10-20(19)26)30(25)14-17-7-3-2-4-8-17/h2-13,16H,14-15H2,1H3,(H,27,31)/t16-/m1/s1. The number of carbonyl (C=O) groups excluding carboxylic acids is 1. The van der Waals surface area contributed by atoms with Crippen molar-refractivity contribution in [1.82, 2.24) is 14.8 Å². The number of thioether (sulfide) groups is 1. The van der Waals surface area contributed by atoms with Gasteiger partial charge in [0.2, 0.25) is 12.7 Å². The second-order valence-electron chi connectivity index (χ2n) is 7.68. The Labute approximate surface area is 206 Å². The molecule has 172 valence electrons. The summed E-state index contributed by atoms with van der Waals surface area (Å²) in [5, 5.41) is 12.6. The minimum Gasteiger partial charge on any atom is -0.454 e. The molecule has 0 unspecified atom stereocenters. The molecular weight excluding hydrogens is 472 g/mol. The van der Waals surface area contributed by atoms with Crippen molar-refractivity contribution in [3.8, 4) is 22.9 Å². The third-order valence-electron chi connectivity index (χ3n) is 5.31. The van der Waals surface area contributed by atoms with Gasteiger partial charge in [-0.25, -0.2) is 0 Å². The first kappa shape index (κ1) is 22.3. The number of ether oxygens (including phenoxy) is 2. The molecule has 1 aliphatic rings. The van der Waals surface area contributed by atoms with Crippen LogP contribution in [0.5, 0.6) is 11.5 Å². The van der Waals surface area contributed by atoms with Crippen LogP contribution < -0.4 is 14.8 Å². The highest BCUT2D eigenvalue weighted by molar-refractivity contribution is 8.00. The Hall–Kier alpha value is -3.49. The van der Waals surface area contributed by atoms with Crippen molar-refractivity contribution in [2.45, 2.75) is 23.9 Å². The van der Waals surface area contributed by atoms with Crippen molar-refractivity contribution < 1.29 is 14.3 Å². The van der Waals surface area contributed by atoms with E-state index in [1.807, 2.05) is 66.1 Å². The van der Waals surface area contributed by atoms with E-state index in [1.165, 1.54) is 11.8 Å². The number of nitrogens with zero attached hydrogens (tertiary/aromatic N) is 3. The van der Waals surface area contributed by atoms with Gasteiger partial charge in [0.1, 0.15) is 0 Å². The summed E-state index contributed by atoms with van der Waals surface area (Å²) < 4.78 is 12.7. The van der Waals surface area contributed by atoms with Crippen LogP contribution >= 0.6 is 23.4 Å². The van der Waals surface area contributed by atoms with E-state index in [4.69, 9.17) is 21.1 Å². The third kappa shape index (κ3) is 4.73. The van der Waals surface area contributed by atoms with Gasteiger partial charge in [-0.1, -0.05) is 65.8 Å². The molecule has 9 heteroatoms. The van der Waals surface area contributed by atoms with Crippen LogP contribution in [0.25, 0.3) is 11.4 Å². The molecule has 7 nitrogen and oxygen atoms in total. The van der Waals surface area contributed by atoms with Crippen molar-refractivity contribution in [2.75, 3.05) is 12.1 Å². The Morgan fingerprint density at radius 3 is 2.65 bits per heavy atom. The average molecular weight is 493 g/mol. The number of carbonyl (C=O) groups is 1. The van der Waals surface area contributed by atoms with Crippen molar-refractivity contribution in [3.05, 3.63) is 83.4 Å². The highest BCUT2D eigenvalue weighted by Gasteiger charge is 2.23. The molecule has 3 aromatic carbocycles. The second kappa shape index (κ2) is 9.79. The van der Waals surface area contributed by atoms with Crippen molar-refractivity contribution >= 4 is 35.0 Å². The number of anilines is 1. The molecule has 0 spiro atoms. The van der Waals surface area contributed by atoms with Gasteiger partial charge in [0.25, 0.3) is 0 Å². The molecule has 0 bridgehead atoms. The number of halogens is 1. The zero-order valence-corrected chi connectivity index (χ0v) is 19.8. The van der Waals surface area contributed by atoms with Crippen LogP contribution in [0.1, 0.15) is 12.5 Å². The molecule has 4 aromatic rings. The second-order valence-corrected chi connectivity index (χ2v) is 9.39. The highest BCUT2D eigenvalue weighted by atomic mass is 35.5. The summed E-state index contributed by atoms with van der Waals surface area (Å²) in [6, 6.07) is 22.9. The Balaban J connectivity index is 1.39. The van der Waals surface area contributed by atoms with Gasteiger partial charge >= 0.3 is 0 Å². The summed E-state index contributed by atoms with van der Waals surface area (Å²) >= 11 is 7.80. The number of aromatic nitrogens is 3. The predicted octanol–water partition coefficient (Wildman–Crippen LogP) is 5.49. The van der Waals surface area contributed by atoms with Gasteiger partial charge in [0, 0.05) is 17.3 Å². The lowest BCUT2D eigenvalue weighted by Crippen LogP contribution is -2.23. The fourth-order valence-corrected chi connectivity index (χ4v) is 4.62. The molecular formula is C25H21ClN4O3S. The van der Waals surface area contributed by atoms with Crippen LogP contribution in [0.4, 0.5) is 5.69 Å². The van der Waals surface area contributed by atoms with Crippen molar-refractivity contribution in [1.29, 1.82) is 0 Å². The van der Waals surface area contributed by atoms with Crippen LogP contribution in [0, 0.1) is 0 Å². The summed E-state index contributed by atoms with van der Waals surface area (Å²) in [5.74, 6) is 1.78. The van der Waals surface area contributed by atoms with E-state index in [1.54, 1.807) is 18.2 Å². The molecule has 0 fully saturated rings. The van der Waals surface area contributed by atoms with Gasteiger partial charge in [-0.3, -0.25) is 9.36 Å². The molecule has 0 saturated heterocycles. The van der Waals surface area contributed by atoms with Crippen LogP contribution in [0.3, 0.4) is 0 Å². The molecule has 1 aromatic heterocycles. The van der Waals surface area contributed by atoms with E-state index in [0.717, 1.165) is 11.1 Å². The smallest absolute Gasteiger partial charge is 0.237 e. The predicted molar refractivity (Wildman–Crippen MR) is 133 cm³/mol. The van der Waals surface area contributed by atoms with Gasteiger partial charge in [0.05, 0.1) is 16.8 Å². The van der Waals surface area contributed by atoms with E-state index >= 15 is 0 Å². The van der Waals surface area contributed by atoms with E-state index in [9.17, 15) is 4.79 Å². The van der Waals surface area contributed by atoms with Gasteiger partial charge in [-0.15, -0.1) is 10.2 Å². The molecule has 34 heavy (non-hydrogen) atoms. The summed E-state index contributed by atoms with van der Waals surface area (Å²) in [5.41, 5.74) is 2.52. The largest absolute Gasteiger partial charge is 0.454 e. The number of fused-ring (bicyclic) bond motifs is 1. The summed E-state index contributed by atoms with van der Waals surface area (Å²) in [7, 11) is 0. The molecule has 1 atom stereocenters. The number of rotatable bonds is 7. The fraction of sp³-hybridized carbons (Fsp3) is 0.160. The van der Waals surface area contributed by atoms with Crippen LogP contribution in [-0.4, -0.2) is 32.7 Å². The van der Waals surface area contributed by atoms with E-state index in [0.29, 0.717) is 39.7 Å². The van der Waals surface area contributed by atoms with Gasteiger partial charge < -0.3 is 14.8 Å². The number of amides is 1. The van der Waals surface area contributed by atoms with Gasteiger partial charge in [0.15, 0.2) is 22.5 Å². The Bertz CT molecular complexity index is 1330. The minimum absolute atomic E-state index is 0.155. The fourth-order valence-electron chi connectivity index (χ4n) is 3.56. The maximum atomic E-state index is 12.9. The molecule has 1 N–H and O–H groups in total. The number of hydrogen-bond donors (Lipinski definition) is 1. The van der Waals surface area contributed by atoms with Gasteiger partial charge in [-0.05, 0) is 36.8 Å². The zero-order valence-electron chi connectivity index (χ0n) is 18.3. The molecule has 0 radical (unpaired) electrons. The molecule has 0 saturated carbocycles. The topological polar surface area (TPSA) is 78.3 Å². The Morgan fingerprint density at radius 1 is 1.06 bits per heavy atom. The lowest BCUT2D eigenvalue weighted by atomic mass is 10.2. The van der Waals surface area contributed by atoms with E-state index in [2.05, 4.69) is 15.5 Å². The highest BCUT2D eigenvalue weighted by Crippen LogP contribution is 2.35. The lowest BCUT2D eigenvalue weighted by molar-refractivity contribution is -0.115. The quantitative estimate of drug-likeness (QED) is 0.343. The first-order valence-electron chi connectivity index (χ1n) is 10.7. The molecule has 5 rings (SSSR count). The molecule has 1 aliphatic heterocycles. The van der Waals surface area contributed by atoms with Crippen LogP contribution in [0.2, 0.25) is 5.02 Å². The number of benzene rings is 3. The van der Waals surface area contributed by atoms with E-state index < -0.39 is 5.25 Å². The SMILES string of the molecule is C[C@@H](Sc1nnc(-c2ccccc2Cl)n1Cc1ccccc1)C(=O)Nc1ccc2c(c1)OCO2. The monoisotopic (exact) mass is 492 g/mol. The first-order chi connectivity index (χ1) is 16.6. The molecule has 0 aliphatic carbocycles. The van der Waals surface area contributed by atoms with Crippen molar-refractivity contribution in [3.63, 3.8) is 0 Å². The first-order valence-corrected chi connectivity index (χ1v) is 11.9. The lowest BCUT2D eigenvalue weighted by Gasteiger charge is -2.14. The Morgan fingerprint density at radius 2 is 1.82 bits per heavy atom. The van der Waals surface area contributed by atoms with Gasteiger partial charge in [-0.2, -0.15) is 0 Å². The van der Waals surface area contributed by atoms with E-state index in [-0.39, 0.29) is 12.7 Å². The Kier molecular flexibility index (Phi) is 6.42. The maximum Gasteiger partial charge on any atom is 0.237 e. The third-order valence-corrected chi connectivity index (χ3v) is 6.72. The maximum absolute atomic E-state index is 12.9. The summed E-state index contributed by atoms with van der Waals surface area (Å²) in [6.07, 6.45) is 0. The average Bonchev–Trinajstić information content (AvgIpc) is 3.47. The minimum atomic E-state index is -0.428. The summed E-state index contributed by atoms with van der Waals surface area (Å²) in [6.45, 7) is 2.57. The zero-order chi connectivity index (χ0) is 23.5. The van der Waals surface area contributed by atoms with Crippen molar-refractivity contribution in [2.24, 2.45) is 0 Å². The molecule has 1 amide bonds. The molecule has 2 heterocycles. The normalized spacial score (nSPS) is 13.0. The number of hydrogen-bond acceptors (Lipinski definition) is 6. The number of nitrogens with one attached hydrogen (secondary N) is 1. The van der Waals surface area contributed by atoms with Crippen LogP contribution in [0.15, 0.2) is 78.0 Å². The summed E-state index contributed by atoms with van der Waals surface area (Å²) in [4.78, 5) is 12.9. The van der Waals surface area contributed by atoms with Crippen LogP contribution in [-0.2, 0) is 11.3 Å².